The van der Waals surface area contributed by atoms with Crippen LogP contribution in [0.15, 0.2) is 18.3 Å². The van der Waals surface area contributed by atoms with Crippen LogP contribution in [-0.4, -0.2) is 26.0 Å². The Labute approximate surface area is 99.2 Å². The molecule has 0 saturated heterocycles. The highest BCUT2D eigenvalue weighted by molar-refractivity contribution is 7.87. The van der Waals surface area contributed by atoms with E-state index >= 15 is 0 Å². The predicted octanol–water partition coefficient (Wildman–Crippen LogP) is -0.449. The van der Waals surface area contributed by atoms with E-state index in [-0.39, 0.29) is 13.2 Å². The van der Waals surface area contributed by atoms with Crippen molar-refractivity contribution in [1.29, 1.82) is 0 Å². The van der Waals surface area contributed by atoms with Gasteiger partial charge < -0.3 is 4.74 Å². The molecule has 0 aliphatic carbocycles. The summed E-state index contributed by atoms with van der Waals surface area (Å²) in [5.74, 6) is -0.480. The fourth-order valence-corrected chi connectivity index (χ4v) is 1.44. The van der Waals surface area contributed by atoms with Crippen molar-refractivity contribution < 1.29 is 17.9 Å². The summed E-state index contributed by atoms with van der Waals surface area (Å²) in [5.41, 5.74) is 0.692. The zero-order valence-corrected chi connectivity index (χ0v) is 10.0. The quantitative estimate of drug-likeness (QED) is 0.696. The molecule has 3 N–H and O–H groups in total. The number of hydrogen-bond donors (Lipinski definition) is 2. The number of carbonyl (C=O) groups excluding carboxylic acids is 1. The van der Waals surface area contributed by atoms with Crippen LogP contribution in [0.3, 0.4) is 0 Å². The van der Waals surface area contributed by atoms with Crippen molar-refractivity contribution in [2.45, 2.75) is 13.5 Å². The first-order valence-corrected chi connectivity index (χ1v) is 6.36. The molecule has 7 nitrogen and oxygen atoms in total. The molecule has 1 aromatic heterocycles. The van der Waals surface area contributed by atoms with Gasteiger partial charge in [-0.15, -0.1) is 0 Å². The smallest absolute Gasteiger partial charge is 0.338 e. The normalized spacial score (nSPS) is 11.2. The van der Waals surface area contributed by atoms with Gasteiger partial charge in [0, 0.05) is 6.20 Å². The second-order valence-corrected chi connectivity index (χ2v) is 4.50. The minimum atomic E-state index is -3.77. The van der Waals surface area contributed by atoms with E-state index in [0.29, 0.717) is 11.3 Å². The predicted molar refractivity (Wildman–Crippen MR) is 60.1 cm³/mol. The van der Waals surface area contributed by atoms with Crippen molar-refractivity contribution in [1.82, 2.24) is 9.71 Å². The Morgan fingerprint density at radius 2 is 2.29 bits per heavy atom. The number of ether oxygens (including phenoxy) is 1. The van der Waals surface area contributed by atoms with Crippen LogP contribution in [0.1, 0.15) is 23.0 Å². The van der Waals surface area contributed by atoms with Crippen molar-refractivity contribution in [3.8, 4) is 0 Å². The van der Waals surface area contributed by atoms with Crippen LogP contribution in [0.25, 0.3) is 0 Å². The first-order valence-electron chi connectivity index (χ1n) is 4.82. The lowest BCUT2D eigenvalue weighted by Crippen LogP contribution is -2.30. The summed E-state index contributed by atoms with van der Waals surface area (Å²) in [5, 5.41) is 4.77. The van der Waals surface area contributed by atoms with Gasteiger partial charge in [-0.1, -0.05) is 0 Å². The Morgan fingerprint density at radius 1 is 1.59 bits per heavy atom. The molecular weight excluding hydrogens is 246 g/mol. The third kappa shape index (κ3) is 4.89. The van der Waals surface area contributed by atoms with Crippen molar-refractivity contribution in [2.24, 2.45) is 5.14 Å². The Hall–Kier alpha value is -1.51. The lowest BCUT2D eigenvalue weighted by atomic mass is 10.2. The van der Waals surface area contributed by atoms with E-state index in [1.807, 2.05) is 0 Å². The van der Waals surface area contributed by atoms with Gasteiger partial charge in [0.2, 0.25) is 0 Å². The summed E-state index contributed by atoms with van der Waals surface area (Å²) < 4.78 is 28.2. The van der Waals surface area contributed by atoms with Gasteiger partial charge in [0.05, 0.1) is 24.4 Å². The maximum atomic E-state index is 11.4. The number of aromatic nitrogens is 1. The molecule has 0 bridgehead atoms. The molecule has 0 aliphatic rings. The third-order valence-electron chi connectivity index (χ3n) is 1.78. The molecule has 17 heavy (non-hydrogen) atoms. The van der Waals surface area contributed by atoms with Gasteiger partial charge in [-0.25, -0.2) is 9.93 Å². The SMILES string of the molecule is CCOC(=O)c1ccnc(CNS(N)(=O)=O)c1. The monoisotopic (exact) mass is 259 g/mol. The number of pyridine rings is 1. The number of hydrogen-bond acceptors (Lipinski definition) is 5. The molecule has 0 spiro atoms. The largest absolute Gasteiger partial charge is 0.462 e. The van der Waals surface area contributed by atoms with Crippen LogP contribution in [0.2, 0.25) is 0 Å². The first-order chi connectivity index (χ1) is 7.92. The van der Waals surface area contributed by atoms with Crippen molar-refractivity contribution in [2.75, 3.05) is 6.61 Å². The highest BCUT2D eigenvalue weighted by Gasteiger charge is 2.08. The Bertz CT molecular complexity index is 501. The Balaban J connectivity index is 2.76. The van der Waals surface area contributed by atoms with Crippen LogP contribution < -0.4 is 9.86 Å². The van der Waals surface area contributed by atoms with Gasteiger partial charge >= 0.3 is 5.97 Å². The lowest BCUT2D eigenvalue weighted by Gasteiger charge is -2.04. The van der Waals surface area contributed by atoms with Crippen LogP contribution in [-0.2, 0) is 21.5 Å². The second-order valence-electron chi connectivity index (χ2n) is 3.12. The molecule has 0 fully saturated rings. The molecule has 0 aromatic carbocycles. The molecule has 0 saturated carbocycles. The summed E-state index contributed by atoms with van der Waals surface area (Å²) in [6.45, 7) is 1.89. The second kappa shape index (κ2) is 5.71. The summed E-state index contributed by atoms with van der Waals surface area (Å²) in [6, 6.07) is 2.93. The zero-order chi connectivity index (χ0) is 12.9. The highest BCUT2D eigenvalue weighted by Crippen LogP contribution is 2.04. The van der Waals surface area contributed by atoms with Crippen LogP contribution in [0.4, 0.5) is 0 Å². The summed E-state index contributed by atoms with van der Waals surface area (Å²) >= 11 is 0. The minimum absolute atomic E-state index is 0.0773. The molecule has 8 heteroatoms. The maximum absolute atomic E-state index is 11.4. The van der Waals surface area contributed by atoms with Crippen LogP contribution >= 0.6 is 0 Å². The summed E-state index contributed by atoms with van der Waals surface area (Å²) in [7, 11) is -3.77. The summed E-state index contributed by atoms with van der Waals surface area (Å²) in [4.78, 5) is 15.3. The maximum Gasteiger partial charge on any atom is 0.338 e. The number of nitrogens with zero attached hydrogens (tertiary/aromatic N) is 1. The number of nitrogens with one attached hydrogen (secondary N) is 1. The Morgan fingerprint density at radius 3 is 2.88 bits per heavy atom. The molecule has 0 atom stereocenters. The number of esters is 1. The van der Waals surface area contributed by atoms with Crippen molar-refractivity contribution >= 4 is 16.2 Å². The summed E-state index contributed by atoms with van der Waals surface area (Å²) in [6.07, 6.45) is 1.40. The van der Waals surface area contributed by atoms with Crippen molar-refractivity contribution in [3.05, 3.63) is 29.6 Å². The number of rotatable bonds is 5. The molecule has 0 unspecified atom stereocenters. The van der Waals surface area contributed by atoms with Gasteiger partial charge in [0.25, 0.3) is 10.2 Å². The molecule has 1 aromatic rings. The Kier molecular flexibility index (Phi) is 4.55. The van der Waals surface area contributed by atoms with Gasteiger partial charge in [-0.05, 0) is 19.1 Å². The van der Waals surface area contributed by atoms with E-state index in [9.17, 15) is 13.2 Å². The highest BCUT2D eigenvalue weighted by atomic mass is 32.2. The average Bonchev–Trinajstić information content (AvgIpc) is 2.26. The van der Waals surface area contributed by atoms with Gasteiger partial charge in [-0.3, -0.25) is 4.98 Å². The van der Waals surface area contributed by atoms with Crippen LogP contribution in [0.5, 0.6) is 0 Å². The fraction of sp³-hybridized carbons (Fsp3) is 0.333. The molecule has 0 amide bonds. The minimum Gasteiger partial charge on any atom is -0.462 e. The van der Waals surface area contributed by atoms with E-state index in [1.54, 1.807) is 6.92 Å². The van der Waals surface area contributed by atoms with E-state index in [4.69, 9.17) is 9.88 Å². The molecule has 0 aliphatic heterocycles. The van der Waals surface area contributed by atoms with Crippen molar-refractivity contribution in [3.63, 3.8) is 0 Å². The third-order valence-corrected chi connectivity index (χ3v) is 2.33. The first kappa shape index (κ1) is 13.6. The lowest BCUT2D eigenvalue weighted by molar-refractivity contribution is 0.0526. The molecular formula is C9H13N3O4S. The van der Waals surface area contributed by atoms with E-state index in [1.165, 1.54) is 18.3 Å². The topological polar surface area (TPSA) is 111 Å². The zero-order valence-electron chi connectivity index (χ0n) is 9.21. The molecule has 1 rings (SSSR count). The number of carbonyl (C=O) groups is 1. The van der Waals surface area contributed by atoms with E-state index < -0.39 is 16.2 Å². The van der Waals surface area contributed by atoms with Crippen LogP contribution in [0, 0.1) is 0 Å². The van der Waals surface area contributed by atoms with E-state index in [0.717, 1.165) is 0 Å². The van der Waals surface area contributed by atoms with Gasteiger partial charge in [-0.2, -0.15) is 13.1 Å². The average molecular weight is 259 g/mol. The fourth-order valence-electron chi connectivity index (χ4n) is 1.09. The molecule has 94 valence electrons. The molecule has 1 heterocycles. The number of nitrogens with two attached hydrogens (primary N) is 1. The van der Waals surface area contributed by atoms with Gasteiger partial charge in [0.1, 0.15) is 0 Å². The standard InChI is InChI=1S/C9H13N3O4S/c1-2-16-9(13)7-3-4-11-8(5-7)6-12-17(10,14)15/h3-5,12H,2,6H2,1H3,(H2,10,14,15). The van der Waals surface area contributed by atoms with E-state index in [2.05, 4.69) is 9.71 Å². The molecule has 0 radical (unpaired) electrons. The van der Waals surface area contributed by atoms with Gasteiger partial charge in [0.15, 0.2) is 0 Å².